The summed E-state index contributed by atoms with van der Waals surface area (Å²) in [6.45, 7) is 13.4. The Labute approximate surface area is 111 Å². The molecule has 0 aromatic heterocycles. The molecule has 0 saturated heterocycles. The van der Waals surface area contributed by atoms with Gasteiger partial charge in [-0.05, 0) is 44.9 Å². The molecule has 0 fully saturated rings. The van der Waals surface area contributed by atoms with Crippen molar-refractivity contribution in [3.8, 4) is 0 Å². The summed E-state index contributed by atoms with van der Waals surface area (Å²) in [5.41, 5.74) is 8.54. The first-order chi connectivity index (χ1) is 8.40. The van der Waals surface area contributed by atoms with E-state index >= 15 is 0 Å². The highest BCUT2D eigenvalue weighted by Crippen LogP contribution is 2.25. The van der Waals surface area contributed by atoms with E-state index in [1.807, 2.05) is 6.08 Å². The number of anilines is 1. The van der Waals surface area contributed by atoms with Crippen LogP contribution in [-0.4, -0.2) is 12.1 Å². The molecule has 1 atom stereocenters. The highest BCUT2D eigenvalue weighted by atomic mass is 15.2. The van der Waals surface area contributed by atoms with Crippen molar-refractivity contribution in [2.24, 2.45) is 5.73 Å². The van der Waals surface area contributed by atoms with Crippen LogP contribution in [0.5, 0.6) is 0 Å². The molecule has 1 aromatic carbocycles. The fourth-order valence-electron chi connectivity index (χ4n) is 2.03. The van der Waals surface area contributed by atoms with Gasteiger partial charge in [0.1, 0.15) is 0 Å². The summed E-state index contributed by atoms with van der Waals surface area (Å²) < 4.78 is 0. The molecular formula is C16H26N2. The minimum atomic E-state index is 0.0859. The molecule has 18 heavy (non-hydrogen) atoms. The van der Waals surface area contributed by atoms with E-state index in [0.717, 1.165) is 13.0 Å². The summed E-state index contributed by atoms with van der Waals surface area (Å²) in [5.74, 6) is 0. The lowest BCUT2D eigenvalue weighted by atomic mass is 10.0. The van der Waals surface area contributed by atoms with Crippen LogP contribution >= 0.6 is 0 Å². The highest BCUT2D eigenvalue weighted by Gasteiger charge is 2.20. The first-order valence-corrected chi connectivity index (χ1v) is 6.64. The molecule has 2 N–H and O–H groups in total. The maximum atomic E-state index is 6.04. The normalized spacial score (nSPS) is 13.2. The second-order valence-electron chi connectivity index (χ2n) is 5.68. The standard InChI is InChI=1S/C16H26N2/c1-6-12-18(16(3,4)5)14-10-8-13(9-11-14)15(17)7-2/h6,8-11,15H,1,7,12,17H2,2-5H3/t15-/m1/s1. The Balaban J connectivity index is 2.97. The van der Waals surface area contributed by atoms with Gasteiger partial charge in [0.25, 0.3) is 0 Å². The minimum Gasteiger partial charge on any atom is -0.363 e. The molecule has 1 aromatic rings. The van der Waals surface area contributed by atoms with Crippen LogP contribution in [0.4, 0.5) is 5.69 Å². The van der Waals surface area contributed by atoms with Gasteiger partial charge in [0, 0.05) is 23.8 Å². The molecule has 100 valence electrons. The molecule has 2 heteroatoms. The number of benzene rings is 1. The summed E-state index contributed by atoms with van der Waals surface area (Å²) in [6.07, 6.45) is 2.91. The molecule has 0 saturated carbocycles. The maximum Gasteiger partial charge on any atom is 0.0373 e. The Kier molecular flexibility index (Phi) is 4.97. The smallest absolute Gasteiger partial charge is 0.0373 e. The average Bonchev–Trinajstić information content (AvgIpc) is 2.34. The van der Waals surface area contributed by atoms with Crippen LogP contribution in [0.15, 0.2) is 36.9 Å². The number of hydrogen-bond acceptors (Lipinski definition) is 2. The molecule has 0 aliphatic rings. The van der Waals surface area contributed by atoms with Crippen molar-refractivity contribution in [1.82, 2.24) is 0 Å². The van der Waals surface area contributed by atoms with E-state index in [9.17, 15) is 0 Å². The van der Waals surface area contributed by atoms with E-state index in [4.69, 9.17) is 5.73 Å². The number of rotatable bonds is 5. The van der Waals surface area contributed by atoms with Crippen LogP contribution < -0.4 is 10.6 Å². The Morgan fingerprint density at radius 3 is 2.22 bits per heavy atom. The zero-order valence-corrected chi connectivity index (χ0v) is 12.1. The minimum absolute atomic E-state index is 0.0859. The third kappa shape index (κ3) is 3.61. The predicted octanol–water partition coefficient (Wildman–Crippen LogP) is 3.89. The SMILES string of the molecule is C=CCN(c1ccc([C@H](N)CC)cc1)C(C)(C)C. The summed E-state index contributed by atoms with van der Waals surface area (Å²) in [7, 11) is 0. The lowest BCUT2D eigenvalue weighted by Crippen LogP contribution is -2.41. The number of nitrogens with zero attached hydrogens (tertiary/aromatic N) is 1. The van der Waals surface area contributed by atoms with E-state index in [-0.39, 0.29) is 11.6 Å². The third-order valence-electron chi connectivity index (χ3n) is 3.19. The first kappa shape index (κ1) is 14.8. The fraction of sp³-hybridized carbons (Fsp3) is 0.500. The van der Waals surface area contributed by atoms with Crippen molar-refractivity contribution in [2.75, 3.05) is 11.4 Å². The number of hydrogen-bond donors (Lipinski definition) is 1. The second kappa shape index (κ2) is 6.05. The van der Waals surface area contributed by atoms with Gasteiger partial charge in [-0.3, -0.25) is 0 Å². The molecule has 2 nitrogen and oxygen atoms in total. The van der Waals surface area contributed by atoms with Crippen LogP contribution in [0, 0.1) is 0 Å². The van der Waals surface area contributed by atoms with Crippen LogP contribution in [-0.2, 0) is 0 Å². The highest BCUT2D eigenvalue weighted by molar-refractivity contribution is 5.50. The Morgan fingerprint density at radius 2 is 1.83 bits per heavy atom. The van der Waals surface area contributed by atoms with Gasteiger partial charge in [-0.2, -0.15) is 0 Å². The van der Waals surface area contributed by atoms with Crippen molar-refractivity contribution in [3.63, 3.8) is 0 Å². The lowest BCUT2D eigenvalue weighted by Gasteiger charge is -2.37. The van der Waals surface area contributed by atoms with Crippen LogP contribution in [0.1, 0.15) is 45.7 Å². The Morgan fingerprint density at radius 1 is 1.28 bits per heavy atom. The lowest BCUT2D eigenvalue weighted by molar-refractivity contribution is 0.522. The quantitative estimate of drug-likeness (QED) is 0.799. The largest absolute Gasteiger partial charge is 0.363 e. The molecule has 1 rings (SSSR count). The van der Waals surface area contributed by atoms with Crippen molar-refractivity contribution < 1.29 is 0 Å². The third-order valence-corrected chi connectivity index (χ3v) is 3.19. The second-order valence-corrected chi connectivity index (χ2v) is 5.68. The van der Waals surface area contributed by atoms with E-state index in [0.29, 0.717) is 0 Å². The van der Waals surface area contributed by atoms with Gasteiger partial charge in [-0.1, -0.05) is 25.1 Å². The van der Waals surface area contributed by atoms with Gasteiger partial charge in [-0.15, -0.1) is 6.58 Å². The zero-order chi connectivity index (χ0) is 13.8. The van der Waals surface area contributed by atoms with Gasteiger partial charge in [0.05, 0.1) is 0 Å². The number of nitrogens with two attached hydrogens (primary N) is 1. The van der Waals surface area contributed by atoms with Crippen molar-refractivity contribution in [2.45, 2.75) is 45.7 Å². The van der Waals surface area contributed by atoms with Gasteiger partial charge in [0.2, 0.25) is 0 Å². The molecule has 0 amide bonds. The monoisotopic (exact) mass is 246 g/mol. The molecule has 0 spiro atoms. The Bertz CT molecular complexity index is 373. The van der Waals surface area contributed by atoms with E-state index in [2.05, 4.69) is 63.4 Å². The average molecular weight is 246 g/mol. The molecule has 0 unspecified atom stereocenters. The molecule has 0 aliphatic heterocycles. The van der Waals surface area contributed by atoms with Crippen molar-refractivity contribution in [1.29, 1.82) is 0 Å². The van der Waals surface area contributed by atoms with E-state index in [1.165, 1.54) is 11.3 Å². The topological polar surface area (TPSA) is 29.3 Å². The van der Waals surface area contributed by atoms with E-state index in [1.54, 1.807) is 0 Å². The van der Waals surface area contributed by atoms with Gasteiger partial charge >= 0.3 is 0 Å². The molecular weight excluding hydrogens is 220 g/mol. The van der Waals surface area contributed by atoms with E-state index < -0.39 is 0 Å². The van der Waals surface area contributed by atoms with Gasteiger partial charge < -0.3 is 10.6 Å². The fourth-order valence-corrected chi connectivity index (χ4v) is 2.03. The van der Waals surface area contributed by atoms with Crippen LogP contribution in [0.2, 0.25) is 0 Å². The first-order valence-electron chi connectivity index (χ1n) is 6.64. The summed E-state index contributed by atoms with van der Waals surface area (Å²) >= 11 is 0. The molecule has 0 bridgehead atoms. The summed E-state index contributed by atoms with van der Waals surface area (Å²) in [5, 5.41) is 0. The zero-order valence-electron chi connectivity index (χ0n) is 12.1. The predicted molar refractivity (Wildman–Crippen MR) is 81.0 cm³/mol. The summed E-state index contributed by atoms with van der Waals surface area (Å²) in [4.78, 5) is 2.33. The maximum absolute atomic E-state index is 6.04. The summed E-state index contributed by atoms with van der Waals surface area (Å²) in [6, 6.07) is 8.71. The Hall–Kier alpha value is -1.28. The molecule has 0 radical (unpaired) electrons. The molecule has 0 aliphatic carbocycles. The van der Waals surface area contributed by atoms with Gasteiger partial charge in [-0.25, -0.2) is 0 Å². The van der Waals surface area contributed by atoms with Crippen molar-refractivity contribution >= 4 is 5.69 Å². The van der Waals surface area contributed by atoms with Crippen LogP contribution in [0.3, 0.4) is 0 Å². The van der Waals surface area contributed by atoms with Gasteiger partial charge in [0.15, 0.2) is 0 Å². The van der Waals surface area contributed by atoms with Crippen LogP contribution in [0.25, 0.3) is 0 Å². The molecule has 0 heterocycles. The van der Waals surface area contributed by atoms with Crippen molar-refractivity contribution in [3.05, 3.63) is 42.5 Å².